The van der Waals surface area contributed by atoms with E-state index >= 15 is 0 Å². The number of benzene rings is 1. The summed E-state index contributed by atoms with van der Waals surface area (Å²) >= 11 is 6.11. The first-order valence-electron chi connectivity index (χ1n) is 8.46. The molecule has 0 spiro atoms. The van der Waals surface area contributed by atoms with Crippen LogP contribution in [0.2, 0.25) is 5.02 Å². The molecule has 1 fully saturated rings. The highest BCUT2D eigenvalue weighted by Crippen LogP contribution is 2.24. The van der Waals surface area contributed by atoms with Gasteiger partial charge in [0.15, 0.2) is 0 Å². The Morgan fingerprint density at radius 3 is 3.00 bits per heavy atom. The van der Waals surface area contributed by atoms with Crippen LogP contribution in [0.15, 0.2) is 18.2 Å². The van der Waals surface area contributed by atoms with Crippen LogP contribution in [0, 0.1) is 11.7 Å². The fraction of sp³-hybridized carbons (Fsp3) is 0.611. The first kappa shape index (κ1) is 18.2. The van der Waals surface area contributed by atoms with E-state index in [1.165, 1.54) is 6.07 Å². The van der Waals surface area contributed by atoms with Crippen molar-refractivity contribution in [3.63, 3.8) is 0 Å². The second kappa shape index (κ2) is 8.65. The summed E-state index contributed by atoms with van der Waals surface area (Å²) in [7, 11) is 0. The Morgan fingerprint density at radius 1 is 1.52 bits per heavy atom. The molecule has 0 radical (unpaired) electrons. The van der Waals surface area contributed by atoms with Crippen LogP contribution in [0.1, 0.15) is 45.1 Å². The molecule has 1 aliphatic rings. The van der Waals surface area contributed by atoms with Crippen molar-refractivity contribution in [3.8, 4) is 0 Å². The van der Waals surface area contributed by atoms with E-state index in [0.29, 0.717) is 23.7 Å². The summed E-state index contributed by atoms with van der Waals surface area (Å²) in [5.74, 6) is -0.176. The van der Waals surface area contributed by atoms with Crippen LogP contribution in [0.25, 0.3) is 0 Å². The molecule has 2 rings (SSSR count). The lowest BCUT2D eigenvalue weighted by molar-refractivity contribution is -0.127. The van der Waals surface area contributed by atoms with Gasteiger partial charge in [-0.15, -0.1) is 0 Å². The second-order valence-electron chi connectivity index (χ2n) is 6.47. The molecular weight excluding hydrogens is 315 g/mol. The molecule has 5 heteroatoms. The van der Waals surface area contributed by atoms with Gasteiger partial charge in [-0.25, -0.2) is 4.39 Å². The number of likely N-dealkylation sites (tertiary alicyclic amines) is 1. The molecular formula is C18H26ClFN2O. The summed E-state index contributed by atoms with van der Waals surface area (Å²) in [4.78, 5) is 14.5. The number of hydrogen-bond acceptors (Lipinski definition) is 2. The maximum absolute atomic E-state index is 13.9. The Morgan fingerprint density at radius 2 is 2.30 bits per heavy atom. The quantitative estimate of drug-likeness (QED) is 0.849. The Labute approximate surface area is 143 Å². The highest BCUT2D eigenvalue weighted by molar-refractivity contribution is 6.31. The third kappa shape index (κ3) is 5.18. The Hall–Kier alpha value is -1.13. The number of hydrogen-bond donors (Lipinski definition) is 1. The topological polar surface area (TPSA) is 32.3 Å². The average molecular weight is 341 g/mol. The van der Waals surface area contributed by atoms with Crippen molar-refractivity contribution < 1.29 is 9.18 Å². The number of carbonyl (C=O) groups excluding carboxylic acids is 1. The maximum Gasteiger partial charge on any atom is 0.224 e. The van der Waals surface area contributed by atoms with Crippen molar-refractivity contribution in [1.82, 2.24) is 10.2 Å². The largest absolute Gasteiger partial charge is 0.353 e. The standard InChI is InChI=1S/C18H26ClFN2O/c1-3-6-13(2)21-18(23)14-7-5-10-22(11-14)12-15-16(19)8-4-9-17(15)20/h4,8-9,13-14H,3,5-7,10-12H2,1-2H3,(H,21,23)/t13-,14-/m0/s1. The first-order chi connectivity index (χ1) is 11.0. The smallest absolute Gasteiger partial charge is 0.224 e. The van der Waals surface area contributed by atoms with Gasteiger partial charge < -0.3 is 5.32 Å². The predicted molar refractivity (Wildman–Crippen MR) is 91.9 cm³/mol. The van der Waals surface area contributed by atoms with Gasteiger partial charge in [-0.2, -0.15) is 0 Å². The van der Waals surface area contributed by atoms with Gasteiger partial charge in [0.05, 0.1) is 5.92 Å². The zero-order valence-electron chi connectivity index (χ0n) is 13.9. The summed E-state index contributed by atoms with van der Waals surface area (Å²) in [5.41, 5.74) is 0.523. The summed E-state index contributed by atoms with van der Waals surface area (Å²) in [5, 5.41) is 3.54. The third-order valence-electron chi connectivity index (χ3n) is 4.43. The van der Waals surface area contributed by atoms with Crippen molar-refractivity contribution in [2.24, 2.45) is 5.92 Å². The molecule has 1 aromatic rings. The molecule has 1 amide bonds. The van der Waals surface area contributed by atoms with Gasteiger partial charge in [0, 0.05) is 29.7 Å². The molecule has 23 heavy (non-hydrogen) atoms. The van der Waals surface area contributed by atoms with Crippen LogP contribution in [0.3, 0.4) is 0 Å². The minimum absolute atomic E-state index is 0.0198. The van der Waals surface area contributed by atoms with Gasteiger partial charge in [-0.3, -0.25) is 9.69 Å². The molecule has 1 aromatic carbocycles. The van der Waals surface area contributed by atoms with E-state index in [2.05, 4.69) is 17.1 Å². The summed E-state index contributed by atoms with van der Waals surface area (Å²) in [6.07, 6.45) is 3.90. The number of nitrogens with zero attached hydrogens (tertiary/aromatic N) is 1. The van der Waals surface area contributed by atoms with E-state index in [0.717, 1.165) is 32.2 Å². The van der Waals surface area contributed by atoms with Gasteiger partial charge >= 0.3 is 0 Å². The Bertz CT molecular complexity index is 518. The van der Waals surface area contributed by atoms with Crippen LogP contribution >= 0.6 is 11.6 Å². The van der Waals surface area contributed by atoms with Crippen LogP contribution in [-0.4, -0.2) is 29.9 Å². The van der Waals surface area contributed by atoms with Crippen molar-refractivity contribution in [1.29, 1.82) is 0 Å². The molecule has 0 unspecified atom stereocenters. The van der Waals surface area contributed by atoms with Gasteiger partial charge in [-0.1, -0.05) is 31.0 Å². The highest BCUT2D eigenvalue weighted by atomic mass is 35.5. The monoisotopic (exact) mass is 340 g/mol. The van der Waals surface area contributed by atoms with Crippen molar-refractivity contribution in [2.75, 3.05) is 13.1 Å². The molecule has 1 saturated heterocycles. The molecule has 0 saturated carbocycles. The van der Waals surface area contributed by atoms with E-state index in [9.17, 15) is 9.18 Å². The number of halogens is 2. The van der Waals surface area contributed by atoms with E-state index in [4.69, 9.17) is 11.6 Å². The Balaban J connectivity index is 1.94. The average Bonchev–Trinajstić information content (AvgIpc) is 2.51. The minimum atomic E-state index is -0.277. The third-order valence-corrected chi connectivity index (χ3v) is 4.78. The molecule has 1 heterocycles. The molecule has 1 N–H and O–H groups in total. The molecule has 3 nitrogen and oxygen atoms in total. The molecule has 0 aromatic heterocycles. The summed E-state index contributed by atoms with van der Waals surface area (Å²) < 4.78 is 13.9. The SMILES string of the molecule is CCC[C@H](C)NC(=O)[C@H]1CCCN(Cc2c(F)cccc2Cl)C1. The van der Waals surface area contributed by atoms with Crippen LogP contribution in [0.4, 0.5) is 4.39 Å². The lowest BCUT2D eigenvalue weighted by Gasteiger charge is -2.32. The molecule has 128 valence electrons. The van der Waals surface area contributed by atoms with Crippen molar-refractivity contribution >= 4 is 17.5 Å². The molecule has 1 aliphatic heterocycles. The predicted octanol–water partition coefficient (Wildman–Crippen LogP) is 4.00. The summed E-state index contributed by atoms with van der Waals surface area (Å²) in [6, 6.07) is 4.97. The lowest BCUT2D eigenvalue weighted by atomic mass is 9.96. The van der Waals surface area contributed by atoms with Crippen LogP contribution in [-0.2, 0) is 11.3 Å². The number of amides is 1. The van der Waals surface area contributed by atoms with Gasteiger partial charge in [-0.05, 0) is 44.9 Å². The molecule has 0 bridgehead atoms. The van der Waals surface area contributed by atoms with Crippen LogP contribution < -0.4 is 5.32 Å². The molecule has 2 atom stereocenters. The van der Waals surface area contributed by atoms with Gasteiger partial charge in [0.1, 0.15) is 5.82 Å². The lowest BCUT2D eigenvalue weighted by Crippen LogP contribution is -2.45. The van der Waals surface area contributed by atoms with E-state index in [1.54, 1.807) is 12.1 Å². The van der Waals surface area contributed by atoms with Crippen LogP contribution in [0.5, 0.6) is 0 Å². The first-order valence-corrected chi connectivity index (χ1v) is 8.84. The Kier molecular flexibility index (Phi) is 6.85. The zero-order valence-corrected chi connectivity index (χ0v) is 14.7. The van der Waals surface area contributed by atoms with E-state index in [-0.39, 0.29) is 23.7 Å². The maximum atomic E-state index is 13.9. The number of nitrogens with one attached hydrogen (secondary N) is 1. The number of rotatable bonds is 6. The van der Waals surface area contributed by atoms with Crippen molar-refractivity contribution in [3.05, 3.63) is 34.6 Å². The minimum Gasteiger partial charge on any atom is -0.353 e. The zero-order chi connectivity index (χ0) is 16.8. The summed E-state index contributed by atoms with van der Waals surface area (Å²) in [6.45, 7) is 6.15. The fourth-order valence-electron chi connectivity index (χ4n) is 3.19. The highest BCUT2D eigenvalue weighted by Gasteiger charge is 2.27. The van der Waals surface area contributed by atoms with E-state index in [1.807, 2.05) is 6.92 Å². The second-order valence-corrected chi connectivity index (χ2v) is 6.88. The number of piperidine rings is 1. The van der Waals surface area contributed by atoms with E-state index < -0.39 is 0 Å². The fourth-order valence-corrected chi connectivity index (χ4v) is 3.41. The van der Waals surface area contributed by atoms with Gasteiger partial charge in [0.2, 0.25) is 5.91 Å². The molecule has 0 aliphatic carbocycles. The van der Waals surface area contributed by atoms with Gasteiger partial charge in [0.25, 0.3) is 0 Å². The normalized spacial score (nSPS) is 20.3. The van der Waals surface area contributed by atoms with Crippen molar-refractivity contribution in [2.45, 2.75) is 52.1 Å². The number of carbonyl (C=O) groups is 1.